The molecule has 8 heteroatoms. The molecule has 5 nitrogen and oxygen atoms in total. The van der Waals surface area contributed by atoms with Crippen molar-refractivity contribution in [2.24, 2.45) is 0 Å². The van der Waals surface area contributed by atoms with Crippen molar-refractivity contribution in [2.45, 2.75) is 37.6 Å². The number of carbonyl (C=O) groups excluding carboxylic acids is 2. The third-order valence-electron chi connectivity index (χ3n) is 2.82. The zero-order valence-corrected chi connectivity index (χ0v) is 13.8. The molecule has 0 aliphatic carbocycles. The maximum Gasteiger partial charge on any atom is 0.241 e. The fourth-order valence-electron chi connectivity index (χ4n) is 1.83. The van der Waals surface area contributed by atoms with E-state index in [-0.39, 0.29) is 17.7 Å². The molecule has 0 unspecified atom stereocenters. The predicted molar refractivity (Wildman–Crippen MR) is 81.0 cm³/mol. The van der Waals surface area contributed by atoms with Crippen LogP contribution in [0.1, 0.15) is 24.0 Å². The van der Waals surface area contributed by atoms with Crippen molar-refractivity contribution >= 4 is 43.7 Å². The second-order valence-electron chi connectivity index (χ2n) is 4.64. The lowest BCUT2D eigenvalue weighted by atomic mass is 10.2. The standard InChI is InChI=1S/C13H15Cl2NO4S/c1-8-3-5-11(9(2)7-8)21(19,20)16-10(13(15)18)4-6-12(14)17/h3,5,7,10,16H,4,6H2,1-2H3/t10-/m0/s1. The average Bonchev–Trinajstić information content (AvgIpc) is 2.33. The van der Waals surface area contributed by atoms with Crippen LogP contribution in [-0.2, 0) is 19.6 Å². The molecule has 0 radical (unpaired) electrons. The lowest BCUT2D eigenvalue weighted by Gasteiger charge is -2.15. The van der Waals surface area contributed by atoms with Crippen LogP contribution in [-0.4, -0.2) is 24.9 Å². The lowest BCUT2D eigenvalue weighted by Crippen LogP contribution is -2.39. The molecule has 1 rings (SSSR count). The van der Waals surface area contributed by atoms with Crippen molar-refractivity contribution in [1.82, 2.24) is 4.72 Å². The van der Waals surface area contributed by atoms with Crippen molar-refractivity contribution in [3.63, 3.8) is 0 Å². The Bertz CT molecular complexity index is 658. The second kappa shape index (κ2) is 7.35. The van der Waals surface area contributed by atoms with Gasteiger partial charge >= 0.3 is 0 Å². The molecule has 1 aromatic rings. The van der Waals surface area contributed by atoms with E-state index in [4.69, 9.17) is 23.2 Å². The molecular formula is C13H15Cl2NO4S. The minimum Gasteiger partial charge on any atom is -0.281 e. The maximum atomic E-state index is 12.3. The smallest absolute Gasteiger partial charge is 0.241 e. The molecule has 21 heavy (non-hydrogen) atoms. The van der Waals surface area contributed by atoms with Gasteiger partial charge in [0.25, 0.3) is 0 Å². The SMILES string of the molecule is Cc1ccc(S(=O)(=O)N[C@@H](CCC(=O)Cl)C(=O)Cl)c(C)c1. The minimum absolute atomic E-state index is 0.0632. The molecule has 0 amide bonds. The highest BCUT2D eigenvalue weighted by Crippen LogP contribution is 2.18. The lowest BCUT2D eigenvalue weighted by molar-refractivity contribution is -0.114. The van der Waals surface area contributed by atoms with Gasteiger partial charge in [0.05, 0.1) is 10.9 Å². The first-order chi connectivity index (χ1) is 9.63. The van der Waals surface area contributed by atoms with Crippen molar-refractivity contribution in [1.29, 1.82) is 0 Å². The fraction of sp³-hybridized carbons (Fsp3) is 0.385. The van der Waals surface area contributed by atoms with Gasteiger partial charge in [-0.25, -0.2) is 8.42 Å². The first-order valence-electron chi connectivity index (χ1n) is 6.10. The highest BCUT2D eigenvalue weighted by atomic mass is 35.5. The van der Waals surface area contributed by atoms with Gasteiger partial charge < -0.3 is 0 Å². The summed E-state index contributed by atoms with van der Waals surface area (Å²) in [4.78, 5) is 22.1. The van der Waals surface area contributed by atoms with E-state index < -0.39 is 26.5 Å². The van der Waals surface area contributed by atoms with Crippen LogP contribution >= 0.6 is 23.2 Å². The zero-order valence-electron chi connectivity index (χ0n) is 11.5. The number of sulfonamides is 1. The molecule has 116 valence electrons. The van der Waals surface area contributed by atoms with E-state index in [1.165, 1.54) is 6.07 Å². The van der Waals surface area contributed by atoms with Crippen LogP contribution in [0.4, 0.5) is 0 Å². The Morgan fingerprint density at radius 2 is 1.86 bits per heavy atom. The number of rotatable bonds is 7. The van der Waals surface area contributed by atoms with Gasteiger partial charge in [0.1, 0.15) is 0 Å². The van der Waals surface area contributed by atoms with E-state index >= 15 is 0 Å². The molecule has 0 bridgehead atoms. The van der Waals surface area contributed by atoms with Crippen LogP contribution < -0.4 is 4.72 Å². The monoisotopic (exact) mass is 351 g/mol. The number of halogens is 2. The number of aryl methyl sites for hydroxylation is 2. The summed E-state index contributed by atoms with van der Waals surface area (Å²) in [5.74, 6) is 0. The Morgan fingerprint density at radius 3 is 2.33 bits per heavy atom. The summed E-state index contributed by atoms with van der Waals surface area (Å²) < 4.78 is 26.8. The largest absolute Gasteiger partial charge is 0.281 e. The number of nitrogens with one attached hydrogen (secondary N) is 1. The van der Waals surface area contributed by atoms with Gasteiger partial charge in [-0.1, -0.05) is 17.7 Å². The number of hydrogen-bond donors (Lipinski definition) is 1. The van der Waals surface area contributed by atoms with E-state index in [0.717, 1.165) is 5.56 Å². The van der Waals surface area contributed by atoms with Crippen LogP contribution in [0.5, 0.6) is 0 Å². The summed E-state index contributed by atoms with van der Waals surface area (Å²) in [6.45, 7) is 3.50. The number of hydrogen-bond acceptors (Lipinski definition) is 4. The Kier molecular flexibility index (Phi) is 6.34. The molecule has 0 spiro atoms. The van der Waals surface area contributed by atoms with Gasteiger partial charge in [-0.15, -0.1) is 0 Å². The quantitative estimate of drug-likeness (QED) is 0.764. The first kappa shape index (κ1) is 18.1. The first-order valence-corrected chi connectivity index (χ1v) is 8.34. The van der Waals surface area contributed by atoms with Crippen molar-refractivity contribution in [2.75, 3.05) is 0 Å². The summed E-state index contributed by atoms with van der Waals surface area (Å²) >= 11 is 10.6. The molecule has 1 atom stereocenters. The van der Waals surface area contributed by atoms with E-state index in [2.05, 4.69) is 4.72 Å². The van der Waals surface area contributed by atoms with Crippen LogP contribution in [0, 0.1) is 13.8 Å². The molecule has 0 aliphatic rings. The molecular weight excluding hydrogens is 337 g/mol. The average molecular weight is 352 g/mol. The third kappa shape index (κ3) is 5.39. The summed E-state index contributed by atoms with van der Waals surface area (Å²) in [7, 11) is -3.91. The molecule has 0 saturated heterocycles. The zero-order chi connectivity index (χ0) is 16.2. The van der Waals surface area contributed by atoms with Gasteiger partial charge in [-0.05, 0) is 55.1 Å². The van der Waals surface area contributed by atoms with E-state index in [1.807, 2.05) is 6.92 Å². The Labute approximate surface area is 133 Å². The third-order valence-corrected chi connectivity index (χ3v) is 4.91. The Balaban J connectivity index is 3.00. The van der Waals surface area contributed by atoms with Crippen LogP contribution in [0.2, 0.25) is 0 Å². The van der Waals surface area contributed by atoms with E-state index in [9.17, 15) is 18.0 Å². The number of carbonyl (C=O) groups is 2. The molecule has 0 aliphatic heterocycles. The number of benzene rings is 1. The van der Waals surface area contributed by atoms with Gasteiger partial charge in [0.2, 0.25) is 20.5 Å². The van der Waals surface area contributed by atoms with Gasteiger partial charge in [0, 0.05) is 6.42 Å². The van der Waals surface area contributed by atoms with Crippen molar-refractivity contribution in [3.8, 4) is 0 Å². The topological polar surface area (TPSA) is 80.3 Å². The maximum absolute atomic E-state index is 12.3. The second-order valence-corrected chi connectivity index (χ2v) is 7.12. The van der Waals surface area contributed by atoms with Crippen LogP contribution in [0.25, 0.3) is 0 Å². The summed E-state index contributed by atoms with van der Waals surface area (Å²) in [6, 6.07) is 3.63. The normalized spacial score (nSPS) is 13.0. The summed E-state index contributed by atoms with van der Waals surface area (Å²) in [5.41, 5.74) is 1.47. The molecule has 1 aromatic carbocycles. The van der Waals surface area contributed by atoms with Gasteiger partial charge in [-0.3, -0.25) is 9.59 Å². The summed E-state index contributed by atoms with van der Waals surface area (Å²) in [6.07, 6.45) is -0.241. The highest BCUT2D eigenvalue weighted by molar-refractivity contribution is 7.89. The molecule has 0 aromatic heterocycles. The summed E-state index contributed by atoms with van der Waals surface area (Å²) in [5, 5.41) is -1.55. The highest BCUT2D eigenvalue weighted by Gasteiger charge is 2.26. The van der Waals surface area contributed by atoms with Gasteiger partial charge in [0.15, 0.2) is 0 Å². The predicted octanol–water partition coefficient (Wildman–Crippen LogP) is 2.26. The Morgan fingerprint density at radius 1 is 1.24 bits per heavy atom. The molecule has 0 saturated carbocycles. The van der Waals surface area contributed by atoms with Crippen molar-refractivity contribution in [3.05, 3.63) is 29.3 Å². The Hall–Kier alpha value is -0.950. The molecule has 1 N–H and O–H groups in total. The van der Waals surface area contributed by atoms with E-state index in [1.54, 1.807) is 19.1 Å². The van der Waals surface area contributed by atoms with Crippen LogP contribution in [0.3, 0.4) is 0 Å². The van der Waals surface area contributed by atoms with Crippen LogP contribution in [0.15, 0.2) is 23.1 Å². The van der Waals surface area contributed by atoms with Gasteiger partial charge in [-0.2, -0.15) is 4.72 Å². The fourth-order valence-corrected chi connectivity index (χ4v) is 3.62. The molecule has 0 heterocycles. The minimum atomic E-state index is -3.91. The molecule has 0 fully saturated rings. The van der Waals surface area contributed by atoms with E-state index in [0.29, 0.717) is 5.56 Å². The van der Waals surface area contributed by atoms with Crippen molar-refractivity contribution < 1.29 is 18.0 Å².